The first-order chi connectivity index (χ1) is 3.55. The molecule has 0 spiro atoms. The predicted octanol–water partition coefficient (Wildman–Crippen LogP) is 0.207. The Morgan fingerprint density at radius 2 is 1.75 bits per heavy atom. The SMILES string of the molecule is CC(F)[C@@H](C)B(O)O. The first-order valence-electron chi connectivity index (χ1n) is 2.56. The fraction of sp³-hybridized carbons (Fsp3) is 1.00. The summed E-state index contributed by atoms with van der Waals surface area (Å²) >= 11 is 0. The minimum absolute atomic E-state index is 0.685. The maximum atomic E-state index is 12.0. The molecule has 8 heavy (non-hydrogen) atoms. The van der Waals surface area contributed by atoms with Crippen molar-refractivity contribution in [1.82, 2.24) is 0 Å². The Morgan fingerprint density at radius 3 is 1.75 bits per heavy atom. The van der Waals surface area contributed by atoms with Crippen molar-refractivity contribution in [2.24, 2.45) is 0 Å². The zero-order valence-electron chi connectivity index (χ0n) is 5.00. The lowest BCUT2D eigenvalue weighted by Gasteiger charge is -2.09. The van der Waals surface area contributed by atoms with Crippen molar-refractivity contribution in [3.63, 3.8) is 0 Å². The van der Waals surface area contributed by atoms with Gasteiger partial charge in [0.2, 0.25) is 0 Å². The molecule has 0 aliphatic rings. The van der Waals surface area contributed by atoms with Crippen LogP contribution in [-0.2, 0) is 0 Å². The van der Waals surface area contributed by atoms with Gasteiger partial charge in [0, 0.05) is 5.82 Å². The van der Waals surface area contributed by atoms with Gasteiger partial charge in [0.05, 0.1) is 6.17 Å². The van der Waals surface area contributed by atoms with Crippen molar-refractivity contribution in [3.8, 4) is 0 Å². The van der Waals surface area contributed by atoms with Crippen LogP contribution in [0, 0.1) is 0 Å². The lowest BCUT2D eigenvalue weighted by atomic mass is 9.72. The predicted molar refractivity (Wildman–Crippen MR) is 30.2 cm³/mol. The standard InChI is InChI=1S/C4H10BFO2/c1-3(4(2)6)5(7)8/h3-4,7-8H,1-2H3/t3-,4?/m1/s1. The Hall–Kier alpha value is -0.0851. The lowest BCUT2D eigenvalue weighted by Crippen LogP contribution is -2.23. The van der Waals surface area contributed by atoms with Crippen LogP contribution in [0.5, 0.6) is 0 Å². The smallest absolute Gasteiger partial charge is 0.427 e. The van der Waals surface area contributed by atoms with Crippen molar-refractivity contribution >= 4 is 7.12 Å². The lowest BCUT2D eigenvalue weighted by molar-refractivity contribution is 0.299. The molecule has 2 nitrogen and oxygen atoms in total. The van der Waals surface area contributed by atoms with Gasteiger partial charge in [-0.15, -0.1) is 0 Å². The van der Waals surface area contributed by atoms with Gasteiger partial charge in [-0.2, -0.15) is 0 Å². The largest absolute Gasteiger partial charge is 0.457 e. The highest BCUT2D eigenvalue weighted by molar-refractivity contribution is 6.43. The van der Waals surface area contributed by atoms with Crippen LogP contribution in [0.25, 0.3) is 0 Å². The minimum atomic E-state index is -1.53. The maximum absolute atomic E-state index is 12.0. The molecule has 48 valence electrons. The molecule has 0 aliphatic carbocycles. The quantitative estimate of drug-likeness (QED) is 0.511. The van der Waals surface area contributed by atoms with E-state index in [1.165, 1.54) is 13.8 Å². The fourth-order valence-electron chi connectivity index (χ4n) is 0.237. The third kappa shape index (κ3) is 2.28. The van der Waals surface area contributed by atoms with Gasteiger partial charge in [0.25, 0.3) is 0 Å². The second-order valence-electron chi connectivity index (χ2n) is 1.95. The van der Waals surface area contributed by atoms with E-state index in [4.69, 9.17) is 10.0 Å². The number of halogens is 1. The van der Waals surface area contributed by atoms with Crippen LogP contribution in [0.15, 0.2) is 0 Å². The molecule has 1 unspecified atom stereocenters. The minimum Gasteiger partial charge on any atom is -0.427 e. The molecule has 0 saturated carbocycles. The van der Waals surface area contributed by atoms with Gasteiger partial charge in [0.1, 0.15) is 0 Å². The van der Waals surface area contributed by atoms with Gasteiger partial charge in [-0.3, -0.25) is 0 Å². The van der Waals surface area contributed by atoms with E-state index in [1.807, 2.05) is 0 Å². The van der Waals surface area contributed by atoms with Crippen LogP contribution in [0.2, 0.25) is 5.82 Å². The molecule has 0 fully saturated rings. The van der Waals surface area contributed by atoms with Crippen molar-refractivity contribution < 1.29 is 14.4 Å². The summed E-state index contributed by atoms with van der Waals surface area (Å²) in [4.78, 5) is 0. The topological polar surface area (TPSA) is 40.5 Å². The highest BCUT2D eigenvalue weighted by Gasteiger charge is 2.23. The molecule has 2 atom stereocenters. The number of alkyl halides is 1. The Bertz CT molecular complexity index is 59.1. The molecule has 0 bridgehead atoms. The molecule has 0 rings (SSSR count). The van der Waals surface area contributed by atoms with Crippen molar-refractivity contribution in [2.75, 3.05) is 0 Å². The first kappa shape index (κ1) is 7.91. The summed E-state index contributed by atoms with van der Waals surface area (Å²) in [5.41, 5.74) is 0. The Morgan fingerprint density at radius 1 is 1.38 bits per heavy atom. The van der Waals surface area contributed by atoms with Crippen LogP contribution in [0.3, 0.4) is 0 Å². The Labute approximate surface area is 48.5 Å². The van der Waals surface area contributed by atoms with Crippen molar-refractivity contribution in [1.29, 1.82) is 0 Å². The average Bonchev–Trinajstić information content (AvgIpc) is 1.64. The zero-order chi connectivity index (χ0) is 6.73. The Balaban J connectivity index is 3.46. The molecule has 0 aliphatic heterocycles. The molecule has 0 radical (unpaired) electrons. The molecule has 0 aromatic heterocycles. The number of hydrogen-bond donors (Lipinski definition) is 2. The summed E-state index contributed by atoms with van der Waals surface area (Å²) in [6.45, 7) is 2.74. The van der Waals surface area contributed by atoms with E-state index in [2.05, 4.69) is 0 Å². The van der Waals surface area contributed by atoms with Gasteiger partial charge in [-0.1, -0.05) is 6.92 Å². The van der Waals surface area contributed by atoms with Gasteiger partial charge in [0.15, 0.2) is 0 Å². The van der Waals surface area contributed by atoms with E-state index in [0.29, 0.717) is 0 Å². The Kier molecular flexibility index (Phi) is 3.01. The molecule has 0 heterocycles. The van der Waals surface area contributed by atoms with Crippen LogP contribution >= 0.6 is 0 Å². The van der Waals surface area contributed by atoms with E-state index >= 15 is 0 Å². The van der Waals surface area contributed by atoms with Crippen molar-refractivity contribution in [3.05, 3.63) is 0 Å². The molecule has 0 aromatic carbocycles. The molecule has 2 N–H and O–H groups in total. The first-order valence-corrected chi connectivity index (χ1v) is 2.56. The van der Waals surface area contributed by atoms with Crippen LogP contribution < -0.4 is 0 Å². The van der Waals surface area contributed by atoms with Crippen molar-refractivity contribution in [2.45, 2.75) is 25.8 Å². The molecule has 4 heteroatoms. The summed E-state index contributed by atoms with van der Waals surface area (Å²) in [5, 5.41) is 16.6. The van der Waals surface area contributed by atoms with Gasteiger partial charge < -0.3 is 10.0 Å². The molecular weight excluding hydrogens is 110 g/mol. The van der Waals surface area contributed by atoms with Gasteiger partial charge >= 0.3 is 7.12 Å². The van der Waals surface area contributed by atoms with E-state index in [1.54, 1.807) is 0 Å². The number of hydrogen-bond acceptors (Lipinski definition) is 2. The van der Waals surface area contributed by atoms with Gasteiger partial charge in [-0.05, 0) is 6.92 Å². The maximum Gasteiger partial charge on any atom is 0.457 e. The summed E-state index contributed by atoms with van der Waals surface area (Å²) in [5.74, 6) is -0.685. The van der Waals surface area contributed by atoms with E-state index < -0.39 is 19.1 Å². The van der Waals surface area contributed by atoms with E-state index in [9.17, 15) is 4.39 Å². The second kappa shape index (κ2) is 3.04. The monoisotopic (exact) mass is 120 g/mol. The molecule has 0 saturated heterocycles. The molecule has 0 amide bonds. The third-order valence-corrected chi connectivity index (χ3v) is 1.19. The molecule has 0 aromatic rings. The van der Waals surface area contributed by atoms with Crippen LogP contribution in [0.4, 0.5) is 4.39 Å². The third-order valence-electron chi connectivity index (χ3n) is 1.19. The summed E-state index contributed by atoms with van der Waals surface area (Å²) in [7, 11) is -1.53. The zero-order valence-corrected chi connectivity index (χ0v) is 5.00. The second-order valence-corrected chi connectivity index (χ2v) is 1.95. The number of rotatable bonds is 2. The summed E-state index contributed by atoms with van der Waals surface area (Å²) in [6, 6.07) is 0. The molecular formula is C4H10BFO2. The van der Waals surface area contributed by atoms with E-state index in [-0.39, 0.29) is 0 Å². The summed E-state index contributed by atoms with van der Waals surface area (Å²) < 4.78 is 12.0. The highest BCUT2D eigenvalue weighted by Crippen LogP contribution is 2.13. The van der Waals surface area contributed by atoms with Crippen LogP contribution in [-0.4, -0.2) is 23.3 Å². The fourth-order valence-corrected chi connectivity index (χ4v) is 0.237. The summed E-state index contributed by atoms with van der Waals surface area (Å²) in [6.07, 6.45) is -1.16. The normalized spacial score (nSPS) is 17.6. The van der Waals surface area contributed by atoms with Gasteiger partial charge in [-0.25, -0.2) is 4.39 Å². The van der Waals surface area contributed by atoms with Crippen LogP contribution in [0.1, 0.15) is 13.8 Å². The van der Waals surface area contributed by atoms with E-state index in [0.717, 1.165) is 0 Å². The average molecular weight is 120 g/mol. The highest BCUT2D eigenvalue weighted by atomic mass is 19.1.